The molecule has 1 amide bonds. The number of piperazine rings is 1. The summed E-state index contributed by atoms with van der Waals surface area (Å²) in [4.78, 5) is 22.9. The minimum absolute atomic E-state index is 0. The first-order valence-corrected chi connectivity index (χ1v) is 10.6. The Morgan fingerprint density at radius 1 is 1.07 bits per heavy atom. The summed E-state index contributed by atoms with van der Waals surface area (Å²) in [6, 6.07) is 1.15. The second kappa shape index (κ2) is 15.3. The van der Waals surface area contributed by atoms with Crippen LogP contribution in [0.15, 0.2) is 4.99 Å². The van der Waals surface area contributed by atoms with Crippen molar-refractivity contribution in [2.24, 2.45) is 4.99 Å². The van der Waals surface area contributed by atoms with Gasteiger partial charge in [0.2, 0.25) is 5.91 Å². The number of aliphatic imine (C=N–C) groups is 1. The number of carbonyl (C=O) groups is 1. The van der Waals surface area contributed by atoms with Crippen LogP contribution < -0.4 is 10.6 Å². The fourth-order valence-electron chi connectivity index (χ4n) is 3.52. The Bertz CT molecular complexity index is 442. The van der Waals surface area contributed by atoms with E-state index in [0.717, 1.165) is 71.3 Å². The monoisotopic (exact) mass is 510 g/mol. The van der Waals surface area contributed by atoms with Gasteiger partial charge in [0.25, 0.3) is 0 Å². The maximum atomic E-state index is 11.4. The van der Waals surface area contributed by atoms with Crippen molar-refractivity contribution >= 4 is 35.8 Å². The highest BCUT2D eigenvalue weighted by Crippen LogP contribution is 2.05. The van der Waals surface area contributed by atoms with Gasteiger partial charge in [-0.15, -0.1) is 24.0 Å². The fourth-order valence-corrected chi connectivity index (χ4v) is 3.52. The van der Waals surface area contributed by atoms with Crippen LogP contribution in [0.3, 0.4) is 0 Å². The lowest BCUT2D eigenvalue weighted by molar-refractivity contribution is -0.130. The van der Waals surface area contributed by atoms with Crippen LogP contribution in [0, 0.1) is 0 Å². The molecule has 0 saturated carbocycles. The number of rotatable bonds is 10. The van der Waals surface area contributed by atoms with E-state index in [-0.39, 0.29) is 29.9 Å². The van der Waals surface area contributed by atoms with Crippen LogP contribution in [0.5, 0.6) is 0 Å². The van der Waals surface area contributed by atoms with E-state index in [2.05, 4.69) is 55.1 Å². The van der Waals surface area contributed by atoms with E-state index >= 15 is 0 Å². The highest BCUT2D eigenvalue weighted by atomic mass is 127. The lowest BCUT2D eigenvalue weighted by Gasteiger charge is -2.34. The molecular formula is C20H43IN6O. The highest BCUT2D eigenvalue weighted by Gasteiger charge is 2.18. The molecule has 0 radical (unpaired) electrons. The van der Waals surface area contributed by atoms with Gasteiger partial charge in [0, 0.05) is 77.9 Å². The lowest BCUT2D eigenvalue weighted by atomic mass is 10.2. The fraction of sp³-hybridized carbons (Fsp3) is 0.900. The number of nitrogens with zero attached hydrogens (tertiary/aromatic N) is 4. The summed E-state index contributed by atoms with van der Waals surface area (Å²) < 4.78 is 0. The summed E-state index contributed by atoms with van der Waals surface area (Å²) in [5.74, 6) is 1.09. The van der Waals surface area contributed by atoms with Gasteiger partial charge in [-0.3, -0.25) is 19.6 Å². The van der Waals surface area contributed by atoms with Gasteiger partial charge in [-0.05, 0) is 41.0 Å². The Kier molecular flexibility index (Phi) is 14.9. The molecular weight excluding hydrogens is 467 g/mol. The van der Waals surface area contributed by atoms with Crippen LogP contribution in [0.1, 0.15) is 48.0 Å². The molecule has 0 aliphatic carbocycles. The van der Waals surface area contributed by atoms with Crippen molar-refractivity contribution in [1.29, 1.82) is 0 Å². The number of amides is 1. The Balaban J connectivity index is 0.00000729. The first-order chi connectivity index (χ1) is 12.8. The molecule has 28 heavy (non-hydrogen) atoms. The molecule has 0 aromatic rings. The zero-order valence-corrected chi connectivity index (χ0v) is 21.2. The Morgan fingerprint density at radius 2 is 1.68 bits per heavy atom. The van der Waals surface area contributed by atoms with Crippen molar-refractivity contribution in [2.45, 2.75) is 60.0 Å². The quantitative estimate of drug-likeness (QED) is 0.203. The van der Waals surface area contributed by atoms with Crippen molar-refractivity contribution in [3.8, 4) is 0 Å². The maximum Gasteiger partial charge on any atom is 0.219 e. The minimum atomic E-state index is 0. The molecule has 1 heterocycles. The molecule has 1 rings (SSSR count). The molecule has 0 aromatic heterocycles. The molecule has 0 spiro atoms. The molecule has 8 heteroatoms. The maximum absolute atomic E-state index is 11.4. The van der Waals surface area contributed by atoms with Crippen molar-refractivity contribution < 1.29 is 4.79 Å². The molecule has 0 aromatic carbocycles. The van der Waals surface area contributed by atoms with Crippen LogP contribution in [0.2, 0.25) is 0 Å². The van der Waals surface area contributed by atoms with Crippen molar-refractivity contribution in [3.63, 3.8) is 0 Å². The third-order valence-electron chi connectivity index (χ3n) is 5.05. The molecule has 1 saturated heterocycles. The summed E-state index contributed by atoms with van der Waals surface area (Å²) in [5, 5.41) is 6.77. The SMILES string of the molecule is CCNC(=NCCCN(C(C)C)C(C)C)NCCN1CCN(C(C)=O)CC1.I. The molecule has 0 bridgehead atoms. The average Bonchev–Trinajstić information content (AvgIpc) is 2.61. The van der Waals surface area contributed by atoms with E-state index in [1.54, 1.807) is 6.92 Å². The minimum Gasteiger partial charge on any atom is -0.357 e. The zero-order chi connectivity index (χ0) is 20.2. The normalized spacial score (nSPS) is 15.9. The Labute approximate surface area is 189 Å². The standard InChI is InChI=1S/C20H42N6O.HI/c1-7-21-20(22-9-8-11-26(17(2)3)18(4)5)23-10-12-24-13-15-25(16-14-24)19(6)27;/h17-18H,7-16H2,1-6H3,(H2,21,22,23);1H. The third kappa shape index (κ3) is 10.8. The first kappa shape index (κ1) is 27.4. The Morgan fingerprint density at radius 3 is 2.18 bits per heavy atom. The van der Waals surface area contributed by atoms with Crippen LogP contribution >= 0.6 is 24.0 Å². The van der Waals surface area contributed by atoms with E-state index in [4.69, 9.17) is 4.99 Å². The number of carbonyl (C=O) groups excluding carboxylic acids is 1. The van der Waals surface area contributed by atoms with Crippen LogP contribution in [0.4, 0.5) is 0 Å². The van der Waals surface area contributed by atoms with Gasteiger partial charge in [0.15, 0.2) is 5.96 Å². The van der Waals surface area contributed by atoms with Crippen LogP contribution in [-0.4, -0.2) is 97.6 Å². The second-order valence-electron chi connectivity index (χ2n) is 7.81. The summed E-state index contributed by atoms with van der Waals surface area (Å²) in [5.41, 5.74) is 0. The molecule has 0 unspecified atom stereocenters. The predicted molar refractivity (Wildman–Crippen MR) is 130 cm³/mol. The largest absolute Gasteiger partial charge is 0.357 e. The number of nitrogens with one attached hydrogen (secondary N) is 2. The molecule has 1 fully saturated rings. The van der Waals surface area contributed by atoms with Gasteiger partial charge in [-0.2, -0.15) is 0 Å². The number of hydrogen-bond donors (Lipinski definition) is 2. The molecule has 7 nitrogen and oxygen atoms in total. The summed E-state index contributed by atoms with van der Waals surface area (Å²) in [6.45, 7) is 21.0. The molecule has 1 aliphatic rings. The van der Waals surface area contributed by atoms with Crippen molar-refractivity contribution in [1.82, 2.24) is 25.3 Å². The smallest absolute Gasteiger partial charge is 0.219 e. The zero-order valence-electron chi connectivity index (χ0n) is 18.8. The van der Waals surface area contributed by atoms with E-state index in [9.17, 15) is 4.79 Å². The van der Waals surface area contributed by atoms with Gasteiger partial charge in [-0.25, -0.2) is 0 Å². The topological polar surface area (TPSA) is 63.2 Å². The van der Waals surface area contributed by atoms with Gasteiger partial charge in [0.05, 0.1) is 0 Å². The number of halogens is 1. The third-order valence-corrected chi connectivity index (χ3v) is 5.05. The summed E-state index contributed by atoms with van der Waals surface area (Å²) in [6.07, 6.45) is 1.07. The van der Waals surface area contributed by atoms with Gasteiger partial charge < -0.3 is 15.5 Å². The molecule has 166 valence electrons. The van der Waals surface area contributed by atoms with E-state index in [1.165, 1.54) is 0 Å². The summed E-state index contributed by atoms with van der Waals surface area (Å²) >= 11 is 0. The van der Waals surface area contributed by atoms with Gasteiger partial charge >= 0.3 is 0 Å². The predicted octanol–water partition coefficient (Wildman–Crippen LogP) is 1.83. The molecule has 2 N–H and O–H groups in total. The highest BCUT2D eigenvalue weighted by molar-refractivity contribution is 14.0. The van der Waals surface area contributed by atoms with Crippen LogP contribution in [0.25, 0.3) is 0 Å². The number of guanidine groups is 1. The van der Waals surface area contributed by atoms with E-state index in [1.807, 2.05) is 4.90 Å². The second-order valence-corrected chi connectivity index (χ2v) is 7.81. The summed E-state index contributed by atoms with van der Waals surface area (Å²) in [7, 11) is 0. The van der Waals surface area contributed by atoms with Gasteiger partial charge in [0.1, 0.15) is 0 Å². The molecule has 0 atom stereocenters. The number of hydrogen-bond acceptors (Lipinski definition) is 4. The lowest BCUT2D eigenvalue weighted by Crippen LogP contribution is -2.50. The van der Waals surface area contributed by atoms with Gasteiger partial charge in [-0.1, -0.05) is 0 Å². The molecule has 1 aliphatic heterocycles. The van der Waals surface area contributed by atoms with Crippen molar-refractivity contribution in [3.05, 3.63) is 0 Å². The van der Waals surface area contributed by atoms with Crippen molar-refractivity contribution in [2.75, 3.05) is 58.9 Å². The first-order valence-electron chi connectivity index (χ1n) is 10.6. The average molecular weight is 511 g/mol. The van der Waals surface area contributed by atoms with E-state index in [0.29, 0.717) is 12.1 Å². The van der Waals surface area contributed by atoms with Crippen LogP contribution in [-0.2, 0) is 4.79 Å². The van der Waals surface area contributed by atoms with E-state index < -0.39 is 0 Å². The Hall–Kier alpha value is -0.610.